The second-order valence-corrected chi connectivity index (χ2v) is 6.95. The van der Waals surface area contributed by atoms with Gasteiger partial charge >= 0.3 is 5.97 Å². The average Bonchev–Trinajstić information content (AvgIpc) is 2.96. The van der Waals surface area contributed by atoms with E-state index >= 15 is 0 Å². The van der Waals surface area contributed by atoms with Crippen LogP contribution in [0, 0.1) is 0 Å². The topological polar surface area (TPSA) is 63.6 Å². The van der Waals surface area contributed by atoms with E-state index in [1.165, 1.54) is 7.11 Å². The lowest BCUT2D eigenvalue weighted by Crippen LogP contribution is -2.43. The fourth-order valence-electron chi connectivity index (χ4n) is 3.30. The van der Waals surface area contributed by atoms with Crippen LogP contribution in [0.1, 0.15) is 38.1 Å². The zero-order chi connectivity index (χ0) is 19.3. The molecule has 0 unspecified atom stereocenters. The van der Waals surface area contributed by atoms with Crippen molar-refractivity contribution in [1.29, 1.82) is 0 Å². The average molecular weight is 359 g/mol. The van der Waals surface area contributed by atoms with E-state index in [2.05, 4.69) is 37.9 Å². The van der Waals surface area contributed by atoms with Crippen molar-refractivity contribution in [3.63, 3.8) is 0 Å². The summed E-state index contributed by atoms with van der Waals surface area (Å²) in [6.07, 6.45) is 1.69. The van der Waals surface area contributed by atoms with Crippen molar-refractivity contribution < 1.29 is 14.3 Å². The molecule has 1 amide bonds. The molecule has 0 saturated heterocycles. The summed E-state index contributed by atoms with van der Waals surface area (Å²) in [5.74, 6) is -0.473. The molecule has 6 nitrogen and oxygen atoms in total. The van der Waals surface area contributed by atoms with Gasteiger partial charge in [-0.05, 0) is 33.8 Å². The number of hydrogen-bond donors (Lipinski definition) is 1. The summed E-state index contributed by atoms with van der Waals surface area (Å²) in [6, 6.07) is 8.38. The van der Waals surface area contributed by atoms with Gasteiger partial charge in [-0.1, -0.05) is 18.2 Å². The third kappa shape index (κ3) is 4.64. The van der Waals surface area contributed by atoms with Crippen molar-refractivity contribution in [1.82, 2.24) is 14.8 Å². The molecule has 0 atom stereocenters. The van der Waals surface area contributed by atoms with E-state index in [1.54, 1.807) is 10.8 Å². The summed E-state index contributed by atoms with van der Waals surface area (Å²) < 4.78 is 6.63. The van der Waals surface area contributed by atoms with Gasteiger partial charge in [0.05, 0.1) is 12.7 Å². The number of benzene rings is 1. The van der Waals surface area contributed by atoms with Crippen molar-refractivity contribution in [2.24, 2.45) is 0 Å². The first-order valence-electron chi connectivity index (χ1n) is 9.03. The van der Waals surface area contributed by atoms with Gasteiger partial charge in [-0.15, -0.1) is 0 Å². The molecule has 1 aromatic heterocycles. The maximum absolute atomic E-state index is 12.4. The van der Waals surface area contributed by atoms with Gasteiger partial charge in [0.2, 0.25) is 5.91 Å². The monoisotopic (exact) mass is 359 g/mol. The van der Waals surface area contributed by atoms with E-state index in [0.717, 1.165) is 17.4 Å². The number of ether oxygens (including phenoxy) is 1. The summed E-state index contributed by atoms with van der Waals surface area (Å²) in [5.41, 5.74) is 1.32. The third-order valence-corrected chi connectivity index (χ3v) is 4.53. The predicted octanol–water partition coefficient (Wildman–Crippen LogP) is 2.66. The number of carbonyl (C=O) groups excluding carboxylic acids is 2. The quantitative estimate of drug-likeness (QED) is 0.736. The molecule has 142 valence electrons. The van der Waals surface area contributed by atoms with Crippen LogP contribution in [-0.2, 0) is 16.1 Å². The van der Waals surface area contributed by atoms with Crippen LogP contribution in [0.5, 0.6) is 0 Å². The number of methoxy groups -OCH3 is 1. The highest BCUT2D eigenvalue weighted by Crippen LogP contribution is 2.21. The largest absolute Gasteiger partial charge is 0.465 e. The molecule has 1 heterocycles. The lowest BCUT2D eigenvalue weighted by Gasteiger charge is -2.30. The fourth-order valence-corrected chi connectivity index (χ4v) is 3.30. The normalized spacial score (nSPS) is 11.5. The summed E-state index contributed by atoms with van der Waals surface area (Å²) in [6.45, 7) is 10.2. The fraction of sp³-hybridized carbons (Fsp3) is 0.500. The minimum absolute atomic E-state index is 0.0744. The number of rotatable bonds is 8. The molecule has 0 aliphatic heterocycles. The zero-order valence-corrected chi connectivity index (χ0v) is 16.3. The molecule has 1 aromatic carbocycles. The highest BCUT2D eigenvalue weighted by atomic mass is 16.5. The zero-order valence-electron chi connectivity index (χ0n) is 16.3. The summed E-state index contributed by atoms with van der Waals surface area (Å²) in [7, 11) is 1.36. The van der Waals surface area contributed by atoms with E-state index in [9.17, 15) is 9.59 Å². The van der Waals surface area contributed by atoms with Crippen LogP contribution < -0.4 is 5.32 Å². The summed E-state index contributed by atoms with van der Waals surface area (Å²) in [4.78, 5) is 26.7. The Hall–Kier alpha value is -2.34. The van der Waals surface area contributed by atoms with Crippen LogP contribution in [0.25, 0.3) is 10.9 Å². The van der Waals surface area contributed by atoms with Gasteiger partial charge in [-0.2, -0.15) is 0 Å². The number of fused-ring (bicyclic) bond motifs is 1. The maximum atomic E-state index is 12.4. The molecule has 1 N–H and O–H groups in total. The van der Waals surface area contributed by atoms with Crippen molar-refractivity contribution in [3.05, 3.63) is 36.0 Å². The maximum Gasteiger partial charge on any atom is 0.340 e. The Balaban J connectivity index is 2.04. The number of nitrogens with zero attached hydrogens (tertiary/aromatic N) is 2. The minimum atomic E-state index is -0.398. The second kappa shape index (κ2) is 8.85. The molecule has 0 saturated carbocycles. The Kier molecular flexibility index (Phi) is 6.80. The van der Waals surface area contributed by atoms with E-state index in [4.69, 9.17) is 4.74 Å². The van der Waals surface area contributed by atoms with Gasteiger partial charge < -0.3 is 14.6 Å². The Labute approximate surface area is 155 Å². The molecule has 0 spiro atoms. The van der Waals surface area contributed by atoms with E-state index in [1.807, 2.05) is 24.3 Å². The lowest BCUT2D eigenvalue weighted by atomic mass is 10.2. The Morgan fingerprint density at radius 3 is 2.42 bits per heavy atom. The summed E-state index contributed by atoms with van der Waals surface area (Å²) in [5, 5.41) is 3.76. The van der Waals surface area contributed by atoms with E-state index in [0.29, 0.717) is 24.2 Å². The van der Waals surface area contributed by atoms with Gasteiger partial charge in [0.25, 0.3) is 0 Å². The molecule has 0 bridgehead atoms. The molecule has 0 aliphatic rings. The molecule has 26 heavy (non-hydrogen) atoms. The van der Waals surface area contributed by atoms with Crippen molar-refractivity contribution in [2.75, 3.05) is 20.2 Å². The van der Waals surface area contributed by atoms with Crippen LogP contribution in [-0.4, -0.2) is 53.6 Å². The number of nitrogens with one attached hydrogen (secondary N) is 1. The van der Waals surface area contributed by atoms with E-state index < -0.39 is 5.97 Å². The standard InChI is InChI=1S/C20H29N3O3/c1-14(2)23(15(3)4)11-10-21-19(24)13-22-12-17(20(25)26-5)16-8-6-7-9-18(16)22/h6-9,12,14-15H,10-11,13H2,1-5H3,(H,21,24). The molecular weight excluding hydrogens is 330 g/mol. The van der Waals surface area contributed by atoms with Gasteiger partial charge in [-0.25, -0.2) is 4.79 Å². The minimum Gasteiger partial charge on any atom is -0.465 e. The van der Waals surface area contributed by atoms with Crippen molar-refractivity contribution in [3.8, 4) is 0 Å². The van der Waals surface area contributed by atoms with Crippen LogP contribution in [0.2, 0.25) is 0 Å². The second-order valence-electron chi connectivity index (χ2n) is 6.95. The summed E-state index contributed by atoms with van der Waals surface area (Å²) >= 11 is 0. The first-order valence-corrected chi connectivity index (χ1v) is 9.03. The van der Waals surface area contributed by atoms with Crippen molar-refractivity contribution in [2.45, 2.75) is 46.3 Å². The lowest BCUT2D eigenvalue weighted by molar-refractivity contribution is -0.121. The Morgan fingerprint density at radius 1 is 1.15 bits per heavy atom. The van der Waals surface area contributed by atoms with Gasteiger partial charge in [0.1, 0.15) is 6.54 Å². The third-order valence-electron chi connectivity index (χ3n) is 4.53. The highest BCUT2D eigenvalue weighted by molar-refractivity contribution is 6.04. The van der Waals surface area contributed by atoms with E-state index in [-0.39, 0.29) is 12.5 Å². The molecule has 0 fully saturated rings. The van der Waals surface area contributed by atoms with Crippen LogP contribution in [0.15, 0.2) is 30.5 Å². The number of amides is 1. The SMILES string of the molecule is COC(=O)c1cn(CC(=O)NCCN(C(C)C)C(C)C)c2ccccc12. The smallest absolute Gasteiger partial charge is 0.340 e. The van der Waals surface area contributed by atoms with Gasteiger partial charge in [0.15, 0.2) is 0 Å². The number of esters is 1. The Bertz CT molecular complexity index is 757. The first kappa shape index (κ1) is 20.0. The van der Waals surface area contributed by atoms with Gasteiger partial charge in [-0.3, -0.25) is 9.69 Å². The molecule has 6 heteroatoms. The molecule has 0 radical (unpaired) electrons. The first-order chi connectivity index (χ1) is 12.3. The molecule has 2 rings (SSSR count). The highest BCUT2D eigenvalue weighted by Gasteiger charge is 2.17. The predicted molar refractivity (Wildman–Crippen MR) is 103 cm³/mol. The Morgan fingerprint density at radius 2 is 1.81 bits per heavy atom. The van der Waals surface area contributed by atoms with Crippen molar-refractivity contribution >= 4 is 22.8 Å². The van der Waals surface area contributed by atoms with Crippen LogP contribution >= 0.6 is 0 Å². The molecular formula is C20H29N3O3. The van der Waals surface area contributed by atoms with Crippen LogP contribution in [0.3, 0.4) is 0 Å². The number of aromatic nitrogens is 1. The molecule has 2 aromatic rings. The number of para-hydroxylation sites is 1. The van der Waals surface area contributed by atoms with Crippen LogP contribution in [0.4, 0.5) is 0 Å². The number of carbonyl (C=O) groups is 2. The number of hydrogen-bond acceptors (Lipinski definition) is 4. The molecule has 0 aliphatic carbocycles. The van der Waals surface area contributed by atoms with Gasteiger partial charge in [0, 0.05) is 42.3 Å².